The Kier molecular flexibility index (Phi) is 4.50. The number of morpholine rings is 1. The van der Waals surface area contributed by atoms with Gasteiger partial charge in [-0.2, -0.15) is 4.98 Å². The van der Waals surface area contributed by atoms with Gasteiger partial charge < -0.3 is 19.5 Å². The van der Waals surface area contributed by atoms with Crippen molar-refractivity contribution < 1.29 is 14.1 Å². The highest BCUT2D eigenvalue weighted by Crippen LogP contribution is 2.26. The van der Waals surface area contributed by atoms with E-state index in [0.29, 0.717) is 31.3 Å². The highest BCUT2D eigenvalue weighted by Gasteiger charge is 2.29. The maximum absolute atomic E-state index is 12.4. The summed E-state index contributed by atoms with van der Waals surface area (Å²) >= 11 is 0. The monoisotopic (exact) mass is 294 g/mol. The summed E-state index contributed by atoms with van der Waals surface area (Å²) in [6.45, 7) is 5.47. The van der Waals surface area contributed by atoms with Gasteiger partial charge in [-0.15, -0.1) is 0 Å². The summed E-state index contributed by atoms with van der Waals surface area (Å²) in [5, 5.41) is 7.16. The molecule has 1 aromatic rings. The molecular formula is C14H22N4O3. The third kappa shape index (κ3) is 3.59. The molecule has 21 heavy (non-hydrogen) atoms. The first-order chi connectivity index (χ1) is 10.2. The number of aryl methyl sites for hydroxylation is 1. The summed E-state index contributed by atoms with van der Waals surface area (Å²) in [7, 11) is 0. The Bertz CT molecular complexity index is 484. The molecule has 0 saturated carbocycles. The predicted octanol–water partition coefficient (Wildman–Crippen LogP) is 0.463. The molecule has 0 radical (unpaired) electrons. The number of nitrogens with one attached hydrogen (secondary N) is 1. The van der Waals surface area contributed by atoms with Gasteiger partial charge in [-0.05, 0) is 19.8 Å². The summed E-state index contributed by atoms with van der Waals surface area (Å²) in [6.07, 6.45) is 2.47. The Balaban J connectivity index is 1.56. The van der Waals surface area contributed by atoms with Gasteiger partial charge in [-0.3, -0.25) is 4.79 Å². The Morgan fingerprint density at radius 1 is 1.52 bits per heavy atom. The fourth-order valence-corrected chi connectivity index (χ4v) is 2.97. The molecule has 1 aromatic heterocycles. The first kappa shape index (κ1) is 14.5. The van der Waals surface area contributed by atoms with E-state index in [1.165, 1.54) is 0 Å². The van der Waals surface area contributed by atoms with E-state index in [9.17, 15) is 4.79 Å². The number of hydrogen-bond acceptors (Lipinski definition) is 6. The number of hydrogen-bond donors (Lipinski definition) is 1. The maximum Gasteiger partial charge on any atom is 0.231 e. The van der Waals surface area contributed by atoms with Crippen LogP contribution in [0.15, 0.2) is 4.52 Å². The molecule has 2 aliphatic heterocycles. The molecule has 2 atom stereocenters. The smallest absolute Gasteiger partial charge is 0.231 e. The van der Waals surface area contributed by atoms with E-state index in [4.69, 9.17) is 9.26 Å². The summed E-state index contributed by atoms with van der Waals surface area (Å²) in [4.78, 5) is 18.6. The number of amides is 1. The molecule has 116 valence electrons. The second-order valence-corrected chi connectivity index (χ2v) is 5.79. The lowest BCUT2D eigenvalue weighted by atomic mass is 9.97. The van der Waals surface area contributed by atoms with Crippen LogP contribution in [0, 0.1) is 6.92 Å². The number of likely N-dealkylation sites (tertiary alicyclic amines) is 1. The van der Waals surface area contributed by atoms with Crippen molar-refractivity contribution in [2.75, 3.05) is 32.8 Å². The molecule has 3 rings (SSSR count). The van der Waals surface area contributed by atoms with Gasteiger partial charge in [-0.1, -0.05) is 5.16 Å². The van der Waals surface area contributed by atoms with Gasteiger partial charge in [0.1, 0.15) is 0 Å². The molecule has 7 heteroatoms. The fourth-order valence-electron chi connectivity index (χ4n) is 2.97. The number of nitrogens with zero attached hydrogens (tertiary/aromatic N) is 3. The molecule has 0 aliphatic carbocycles. The minimum Gasteiger partial charge on any atom is -0.378 e. The topological polar surface area (TPSA) is 80.5 Å². The van der Waals surface area contributed by atoms with Gasteiger partial charge in [0.2, 0.25) is 11.8 Å². The molecule has 2 unspecified atom stereocenters. The quantitative estimate of drug-likeness (QED) is 0.872. The number of ether oxygens (including phenoxy) is 1. The van der Waals surface area contributed by atoms with E-state index < -0.39 is 0 Å². The molecular weight excluding hydrogens is 272 g/mol. The molecule has 7 nitrogen and oxygen atoms in total. The average molecular weight is 294 g/mol. The number of carbonyl (C=O) groups excluding carboxylic acids is 1. The molecule has 3 heterocycles. The molecule has 2 aliphatic rings. The summed E-state index contributed by atoms with van der Waals surface area (Å²) < 4.78 is 10.6. The number of aromatic nitrogens is 2. The van der Waals surface area contributed by atoms with Crippen LogP contribution in [0.4, 0.5) is 0 Å². The van der Waals surface area contributed by atoms with Gasteiger partial charge in [0.15, 0.2) is 5.82 Å². The van der Waals surface area contributed by atoms with Crippen molar-refractivity contribution in [2.45, 2.75) is 38.1 Å². The van der Waals surface area contributed by atoms with E-state index in [-0.39, 0.29) is 17.9 Å². The van der Waals surface area contributed by atoms with E-state index in [0.717, 1.165) is 32.5 Å². The van der Waals surface area contributed by atoms with Crippen LogP contribution in [-0.4, -0.2) is 59.8 Å². The number of carbonyl (C=O) groups is 1. The first-order valence-corrected chi connectivity index (χ1v) is 7.61. The Labute approximate surface area is 124 Å². The van der Waals surface area contributed by atoms with Gasteiger partial charge in [-0.25, -0.2) is 0 Å². The minimum absolute atomic E-state index is 0.136. The second-order valence-electron chi connectivity index (χ2n) is 5.79. The van der Waals surface area contributed by atoms with Crippen LogP contribution in [0.3, 0.4) is 0 Å². The normalized spacial score (nSPS) is 26.8. The van der Waals surface area contributed by atoms with E-state index in [1.807, 2.05) is 11.8 Å². The maximum atomic E-state index is 12.4. The number of rotatable bonds is 3. The molecule has 1 amide bonds. The van der Waals surface area contributed by atoms with E-state index >= 15 is 0 Å². The molecule has 0 spiro atoms. The van der Waals surface area contributed by atoms with Crippen LogP contribution in [0.2, 0.25) is 0 Å². The number of piperidine rings is 1. The summed E-state index contributed by atoms with van der Waals surface area (Å²) in [5.41, 5.74) is 0. The largest absolute Gasteiger partial charge is 0.378 e. The zero-order chi connectivity index (χ0) is 14.7. The average Bonchev–Trinajstić information content (AvgIpc) is 2.95. The lowest BCUT2D eigenvalue weighted by Gasteiger charge is -2.33. The highest BCUT2D eigenvalue weighted by atomic mass is 16.5. The zero-order valence-electron chi connectivity index (χ0n) is 12.4. The predicted molar refractivity (Wildman–Crippen MR) is 74.8 cm³/mol. The van der Waals surface area contributed by atoms with Gasteiger partial charge >= 0.3 is 0 Å². The van der Waals surface area contributed by atoms with Crippen molar-refractivity contribution in [1.82, 2.24) is 20.4 Å². The Morgan fingerprint density at radius 2 is 2.43 bits per heavy atom. The highest BCUT2D eigenvalue weighted by molar-refractivity contribution is 5.77. The van der Waals surface area contributed by atoms with Crippen LogP contribution in [0.25, 0.3) is 0 Å². The van der Waals surface area contributed by atoms with Crippen molar-refractivity contribution in [2.24, 2.45) is 0 Å². The van der Waals surface area contributed by atoms with Crippen molar-refractivity contribution >= 4 is 5.91 Å². The van der Waals surface area contributed by atoms with Crippen LogP contribution >= 0.6 is 0 Å². The molecule has 1 N–H and O–H groups in total. The third-order valence-electron chi connectivity index (χ3n) is 4.09. The molecule has 0 aromatic carbocycles. The first-order valence-electron chi connectivity index (χ1n) is 7.61. The van der Waals surface area contributed by atoms with Crippen molar-refractivity contribution in [3.63, 3.8) is 0 Å². The standard InChI is InChI=1S/C14H22N4O3/c1-10-16-14(21-17-10)11-3-2-5-18(8-11)13(19)7-12-9-20-6-4-15-12/h11-12,15H,2-9H2,1H3. The van der Waals surface area contributed by atoms with Crippen LogP contribution in [0.1, 0.15) is 36.9 Å². The van der Waals surface area contributed by atoms with Crippen LogP contribution in [-0.2, 0) is 9.53 Å². The van der Waals surface area contributed by atoms with Crippen LogP contribution < -0.4 is 5.32 Å². The van der Waals surface area contributed by atoms with Gasteiger partial charge in [0.25, 0.3) is 0 Å². The lowest BCUT2D eigenvalue weighted by molar-refractivity contribution is -0.133. The second kappa shape index (κ2) is 6.53. The van der Waals surface area contributed by atoms with Crippen molar-refractivity contribution in [1.29, 1.82) is 0 Å². The molecule has 2 saturated heterocycles. The Hall–Kier alpha value is -1.47. The zero-order valence-corrected chi connectivity index (χ0v) is 12.4. The Morgan fingerprint density at radius 3 is 3.14 bits per heavy atom. The fraction of sp³-hybridized carbons (Fsp3) is 0.786. The van der Waals surface area contributed by atoms with E-state index in [2.05, 4.69) is 15.5 Å². The third-order valence-corrected chi connectivity index (χ3v) is 4.09. The summed E-state index contributed by atoms with van der Waals surface area (Å²) in [6, 6.07) is 0.136. The SMILES string of the molecule is Cc1noc(C2CCCN(C(=O)CC3COCCN3)C2)n1. The van der Waals surface area contributed by atoms with E-state index in [1.54, 1.807) is 0 Å². The molecule has 0 bridgehead atoms. The summed E-state index contributed by atoms with van der Waals surface area (Å²) in [5.74, 6) is 1.65. The van der Waals surface area contributed by atoms with Crippen molar-refractivity contribution in [3.05, 3.63) is 11.7 Å². The van der Waals surface area contributed by atoms with Crippen molar-refractivity contribution in [3.8, 4) is 0 Å². The lowest BCUT2D eigenvalue weighted by Crippen LogP contribution is -2.46. The minimum atomic E-state index is 0.136. The van der Waals surface area contributed by atoms with Gasteiger partial charge in [0, 0.05) is 32.1 Å². The van der Waals surface area contributed by atoms with Crippen LogP contribution in [0.5, 0.6) is 0 Å². The molecule has 2 fully saturated rings. The van der Waals surface area contributed by atoms with Gasteiger partial charge in [0.05, 0.1) is 19.1 Å².